The molecule has 0 saturated carbocycles. The molecule has 0 aliphatic carbocycles. The Bertz CT molecular complexity index is 408. The van der Waals surface area contributed by atoms with E-state index in [2.05, 4.69) is 40.6 Å². The Morgan fingerprint density at radius 3 is 2.50 bits per heavy atom. The zero-order valence-electron chi connectivity index (χ0n) is 8.51. The maximum Gasteiger partial charge on any atom is 0.0405 e. The molecule has 0 saturated heterocycles. The van der Waals surface area contributed by atoms with Crippen molar-refractivity contribution in [2.24, 2.45) is 7.05 Å². The minimum atomic E-state index is 0.358. The maximum atomic E-state index is 4.36. The van der Waals surface area contributed by atoms with Crippen molar-refractivity contribution in [3.8, 4) is 0 Å². The van der Waals surface area contributed by atoms with E-state index in [-0.39, 0.29) is 0 Å². The highest BCUT2D eigenvalue weighted by molar-refractivity contribution is 6.82. The summed E-state index contributed by atoms with van der Waals surface area (Å²) in [5.74, 6) is 0. The highest BCUT2D eigenvalue weighted by atomic mass is 15.0. The molecule has 0 N–H and O–H groups in total. The lowest BCUT2D eigenvalue weighted by atomic mass is 9.46. The van der Waals surface area contributed by atoms with Crippen molar-refractivity contribution in [2.45, 2.75) is 6.82 Å². The Hall–Kier alpha value is -1.51. The molecule has 1 aromatic heterocycles. The number of hydrogen-bond acceptors (Lipinski definition) is 1. The summed E-state index contributed by atoms with van der Waals surface area (Å²) in [6.45, 7) is 2.54. The second-order valence-corrected chi connectivity index (χ2v) is 3.53. The molecule has 2 rings (SSSR count). The van der Waals surface area contributed by atoms with Gasteiger partial charge < -0.3 is 4.57 Å². The van der Waals surface area contributed by atoms with E-state index in [0.717, 1.165) is 5.72 Å². The second kappa shape index (κ2) is 3.70. The fourth-order valence-electron chi connectivity index (χ4n) is 1.69. The number of aromatic nitrogens is 2. The van der Waals surface area contributed by atoms with Gasteiger partial charge in [0.25, 0.3) is 0 Å². The van der Waals surface area contributed by atoms with Gasteiger partial charge in [-0.15, -0.1) is 12.1 Å². The normalized spacial score (nSPS) is 10.8. The average molecular weight is 184 g/mol. The molecule has 2 aromatic rings. The van der Waals surface area contributed by atoms with E-state index >= 15 is 0 Å². The van der Waals surface area contributed by atoms with E-state index in [9.17, 15) is 0 Å². The summed E-state index contributed by atoms with van der Waals surface area (Å²) >= 11 is 0. The monoisotopic (exact) mass is 184 g/mol. The van der Waals surface area contributed by atoms with Crippen LogP contribution in [0.2, 0.25) is 6.82 Å². The minimum absolute atomic E-state index is 0.358. The van der Waals surface area contributed by atoms with E-state index in [4.69, 9.17) is 0 Å². The Kier molecular flexibility index (Phi) is 2.40. The third-order valence-electron chi connectivity index (χ3n) is 2.55. The molecular formula is C11H13BN2-. The van der Waals surface area contributed by atoms with Crippen molar-refractivity contribution < 1.29 is 0 Å². The quantitative estimate of drug-likeness (QED) is 0.627. The van der Waals surface area contributed by atoms with Gasteiger partial charge in [0.05, 0.1) is 0 Å². The van der Waals surface area contributed by atoms with Crippen LogP contribution in [-0.4, -0.2) is 16.3 Å². The van der Waals surface area contributed by atoms with Crippen LogP contribution in [0.25, 0.3) is 0 Å². The molecule has 3 heteroatoms. The first-order valence-corrected chi connectivity index (χ1v) is 4.81. The van der Waals surface area contributed by atoms with Crippen LogP contribution in [0.5, 0.6) is 0 Å². The Morgan fingerprint density at radius 1 is 1.21 bits per heavy atom. The van der Waals surface area contributed by atoms with Crippen LogP contribution < -0.4 is 11.2 Å². The number of imidazole rings is 1. The van der Waals surface area contributed by atoms with Crippen LogP contribution in [-0.2, 0) is 7.05 Å². The summed E-state index contributed by atoms with van der Waals surface area (Å²) in [5.41, 5.74) is 2.41. The number of rotatable bonds is 2. The summed E-state index contributed by atoms with van der Waals surface area (Å²) < 4.78 is 2.07. The number of nitrogens with zero attached hydrogens (tertiary/aromatic N) is 2. The highest BCUT2D eigenvalue weighted by Gasteiger charge is 2.00. The van der Waals surface area contributed by atoms with E-state index < -0.39 is 0 Å². The first-order valence-electron chi connectivity index (χ1n) is 4.81. The first kappa shape index (κ1) is 9.07. The van der Waals surface area contributed by atoms with Gasteiger partial charge in [-0.2, -0.15) is 0 Å². The van der Waals surface area contributed by atoms with E-state index in [0.29, 0.717) is 6.71 Å². The summed E-state index contributed by atoms with van der Waals surface area (Å²) in [6.07, 6.45) is 3.82. The topological polar surface area (TPSA) is 17.8 Å². The number of benzene rings is 1. The Labute approximate surface area is 84.7 Å². The fraction of sp³-hybridized carbons (Fsp3) is 0.182. The Morgan fingerprint density at radius 2 is 1.93 bits per heavy atom. The molecule has 1 aromatic carbocycles. The number of aryl methyl sites for hydroxylation is 1. The lowest BCUT2D eigenvalue weighted by Gasteiger charge is -2.22. The molecule has 14 heavy (non-hydrogen) atoms. The van der Waals surface area contributed by atoms with E-state index in [1.807, 2.05) is 25.5 Å². The van der Waals surface area contributed by atoms with Crippen molar-refractivity contribution in [3.63, 3.8) is 0 Å². The standard InChI is InChI=1S/C11H13BN2/c1-12(10-6-4-3-5-7-10)11-13-8-9-14(11)2/h3-9H,1-2H3/q-1. The van der Waals surface area contributed by atoms with Crippen LogP contribution in [0.15, 0.2) is 42.7 Å². The van der Waals surface area contributed by atoms with Crippen molar-refractivity contribution in [3.05, 3.63) is 42.7 Å². The fourth-order valence-corrected chi connectivity index (χ4v) is 1.69. The summed E-state index contributed by atoms with van der Waals surface area (Å²) in [7, 11) is 2.03. The van der Waals surface area contributed by atoms with Gasteiger partial charge in [-0.05, 0) is 6.71 Å². The number of hydrogen-bond donors (Lipinski definition) is 0. The van der Waals surface area contributed by atoms with Gasteiger partial charge in [-0.1, -0.05) is 23.9 Å². The predicted octanol–water partition coefficient (Wildman–Crippen LogP) is 0.659. The first-order chi connectivity index (χ1) is 6.79. The van der Waals surface area contributed by atoms with Crippen LogP contribution in [0.3, 0.4) is 0 Å². The zero-order valence-corrected chi connectivity index (χ0v) is 8.51. The molecule has 0 aliphatic heterocycles. The third kappa shape index (κ3) is 1.58. The molecule has 0 spiro atoms. The van der Waals surface area contributed by atoms with Crippen molar-refractivity contribution in [1.29, 1.82) is 0 Å². The SMILES string of the molecule is C[B-](c1ccccc1)c1nccn1C. The third-order valence-corrected chi connectivity index (χ3v) is 2.55. The molecular weight excluding hydrogens is 171 g/mol. The molecule has 0 aliphatic rings. The molecule has 1 heterocycles. The van der Waals surface area contributed by atoms with Crippen LogP contribution in [0.1, 0.15) is 0 Å². The van der Waals surface area contributed by atoms with Crippen molar-refractivity contribution in [2.75, 3.05) is 0 Å². The summed E-state index contributed by atoms with van der Waals surface area (Å²) in [6, 6.07) is 10.4. The van der Waals surface area contributed by atoms with Crippen LogP contribution in [0, 0.1) is 0 Å². The zero-order chi connectivity index (χ0) is 9.97. The second-order valence-electron chi connectivity index (χ2n) is 3.53. The summed E-state index contributed by atoms with van der Waals surface area (Å²) in [4.78, 5) is 4.36. The van der Waals surface area contributed by atoms with Gasteiger partial charge in [-0.3, -0.25) is 4.98 Å². The molecule has 0 amide bonds. The van der Waals surface area contributed by atoms with Crippen molar-refractivity contribution in [1.82, 2.24) is 9.55 Å². The predicted molar refractivity (Wildman–Crippen MR) is 60.5 cm³/mol. The van der Waals surface area contributed by atoms with Gasteiger partial charge in [0.2, 0.25) is 0 Å². The van der Waals surface area contributed by atoms with E-state index in [1.54, 1.807) is 0 Å². The molecule has 0 unspecified atom stereocenters. The minimum Gasteiger partial charge on any atom is -0.377 e. The molecule has 0 atom stereocenters. The van der Waals surface area contributed by atoms with Crippen molar-refractivity contribution >= 4 is 17.9 Å². The molecule has 0 bridgehead atoms. The molecule has 2 nitrogen and oxygen atoms in total. The smallest absolute Gasteiger partial charge is 0.0405 e. The molecule has 1 radical (unpaired) electrons. The Balaban J connectivity index is 2.34. The van der Waals surface area contributed by atoms with E-state index in [1.165, 1.54) is 5.46 Å². The van der Waals surface area contributed by atoms with Crippen LogP contribution >= 0.6 is 0 Å². The maximum absolute atomic E-state index is 4.36. The van der Waals surface area contributed by atoms with Gasteiger partial charge in [-0.25, -0.2) is 12.3 Å². The van der Waals surface area contributed by atoms with Crippen LogP contribution in [0.4, 0.5) is 0 Å². The molecule has 71 valence electrons. The lowest BCUT2D eigenvalue weighted by molar-refractivity contribution is 0.948. The largest absolute Gasteiger partial charge is 0.377 e. The summed E-state index contributed by atoms with van der Waals surface area (Å²) in [5, 5.41) is 0. The lowest BCUT2D eigenvalue weighted by Crippen LogP contribution is -2.44. The van der Waals surface area contributed by atoms with Gasteiger partial charge in [0.15, 0.2) is 0 Å². The van der Waals surface area contributed by atoms with Gasteiger partial charge in [0.1, 0.15) is 0 Å². The highest BCUT2D eigenvalue weighted by Crippen LogP contribution is 1.89. The average Bonchev–Trinajstić information content (AvgIpc) is 2.65. The van der Waals surface area contributed by atoms with Gasteiger partial charge >= 0.3 is 0 Å². The molecule has 0 fully saturated rings. The van der Waals surface area contributed by atoms with Gasteiger partial charge in [0, 0.05) is 19.4 Å².